The highest BCUT2D eigenvalue weighted by Crippen LogP contribution is 2.40. The molecule has 5 heteroatoms. The first-order chi connectivity index (χ1) is 10.2. The van der Waals surface area contributed by atoms with Gasteiger partial charge >= 0.3 is 0 Å². The molecule has 0 aliphatic carbocycles. The lowest BCUT2D eigenvalue weighted by Crippen LogP contribution is -2.45. The molecule has 1 aromatic carbocycles. The molecule has 1 aliphatic rings. The van der Waals surface area contributed by atoms with E-state index in [4.69, 9.17) is 9.47 Å². The maximum Gasteiger partial charge on any atom is 0.127 e. The largest absolute Gasteiger partial charge is 0.496 e. The summed E-state index contributed by atoms with van der Waals surface area (Å²) < 4.78 is 24.2. The minimum Gasteiger partial charge on any atom is -0.496 e. The van der Waals surface area contributed by atoms with E-state index in [-0.39, 0.29) is 12.7 Å². The van der Waals surface area contributed by atoms with E-state index in [0.717, 1.165) is 48.8 Å². The number of halogens is 1. The van der Waals surface area contributed by atoms with Gasteiger partial charge in [-0.3, -0.25) is 9.29 Å². The van der Waals surface area contributed by atoms with E-state index in [1.54, 1.807) is 14.2 Å². The Morgan fingerprint density at radius 1 is 1.19 bits per heavy atom. The Morgan fingerprint density at radius 3 is 2.24 bits per heavy atom. The van der Waals surface area contributed by atoms with Crippen molar-refractivity contribution in [2.45, 2.75) is 19.4 Å². The SMILES string of the molecule is COc1cc(C)cc(OC)c1[C@@H](CCF)N1CCNCC1. The van der Waals surface area contributed by atoms with Crippen molar-refractivity contribution >= 4 is 0 Å². The summed E-state index contributed by atoms with van der Waals surface area (Å²) in [7, 11) is 3.31. The number of piperazine rings is 1. The smallest absolute Gasteiger partial charge is 0.127 e. The minimum atomic E-state index is -0.352. The van der Waals surface area contributed by atoms with Crippen molar-refractivity contribution < 1.29 is 13.9 Å². The molecule has 0 saturated carbocycles. The third-order valence-corrected chi connectivity index (χ3v) is 4.00. The molecule has 0 amide bonds. The molecular weight excluding hydrogens is 271 g/mol. The van der Waals surface area contributed by atoms with Crippen LogP contribution in [0.1, 0.15) is 23.6 Å². The summed E-state index contributed by atoms with van der Waals surface area (Å²) in [6.45, 7) is 5.33. The number of rotatable bonds is 6. The molecule has 1 heterocycles. The summed E-state index contributed by atoms with van der Waals surface area (Å²) in [5.74, 6) is 1.56. The number of hydrogen-bond donors (Lipinski definition) is 1. The van der Waals surface area contributed by atoms with Gasteiger partial charge in [0.2, 0.25) is 0 Å². The lowest BCUT2D eigenvalue weighted by molar-refractivity contribution is 0.152. The van der Waals surface area contributed by atoms with Gasteiger partial charge in [-0.25, -0.2) is 0 Å². The topological polar surface area (TPSA) is 33.7 Å². The zero-order valence-electron chi connectivity index (χ0n) is 13.1. The maximum atomic E-state index is 13.1. The average molecular weight is 296 g/mol. The highest BCUT2D eigenvalue weighted by molar-refractivity contribution is 5.50. The molecule has 1 fully saturated rings. The lowest BCUT2D eigenvalue weighted by atomic mass is 9.97. The molecule has 0 spiro atoms. The first kappa shape index (κ1) is 16.0. The highest BCUT2D eigenvalue weighted by atomic mass is 19.1. The molecule has 1 saturated heterocycles. The summed E-state index contributed by atoms with van der Waals surface area (Å²) in [6, 6.07) is 3.97. The van der Waals surface area contributed by atoms with Crippen molar-refractivity contribution in [2.75, 3.05) is 47.1 Å². The lowest BCUT2D eigenvalue weighted by Gasteiger charge is -2.36. The van der Waals surface area contributed by atoms with Crippen molar-refractivity contribution in [1.29, 1.82) is 0 Å². The Morgan fingerprint density at radius 2 is 1.76 bits per heavy atom. The number of hydrogen-bond acceptors (Lipinski definition) is 4. The monoisotopic (exact) mass is 296 g/mol. The standard InChI is InChI=1S/C16H25FN2O2/c1-12-10-14(20-2)16(15(11-12)21-3)13(4-5-17)19-8-6-18-7-9-19/h10-11,13,18H,4-9H2,1-3H3/t13-/m1/s1. The fraction of sp³-hybridized carbons (Fsp3) is 0.625. The molecule has 118 valence electrons. The summed E-state index contributed by atoms with van der Waals surface area (Å²) in [4.78, 5) is 2.31. The molecule has 1 aliphatic heterocycles. The van der Waals surface area contributed by atoms with Gasteiger partial charge in [0.25, 0.3) is 0 Å². The minimum absolute atomic E-state index is 0.0115. The molecule has 1 N–H and O–H groups in total. The van der Waals surface area contributed by atoms with Gasteiger partial charge in [-0.2, -0.15) is 0 Å². The highest BCUT2D eigenvalue weighted by Gasteiger charge is 2.28. The van der Waals surface area contributed by atoms with Crippen LogP contribution in [0.2, 0.25) is 0 Å². The number of ether oxygens (including phenoxy) is 2. The van der Waals surface area contributed by atoms with Crippen molar-refractivity contribution in [3.63, 3.8) is 0 Å². The molecule has 2 rings (SSSR count). The van der Waals surface area contributed by atoms with Crippen LogP contribution in [0, 0.1) is 6.92 Å². The van der Waals surface area contributed by atoms with Crippen LogP contribution >= 0.6 is 0 Å². The molecule has 21 heavy (non-hydrogen) atoms. The molecular formula is C16H25FN2O2. The zero-order chi connectivity index (χ0) is 15.2. The molecule has 1 aromatic rings. The number of alkyl halides is 1. The van der Waals surface area contributed by atoms with Crippen LogP contribution in [0.4, 0.5) is 4.39 Å². The van der Waals surface area contributed by atoms with Crippen LogP contribution < -0.4 is 14.8 Å². The fourth-order valence-electron chi connectivity index (χ4n) is 3.00. The zero-order valence-corrected chi connectivity index (χ0v) is 13.1. The third-order valence-electron chi connectivity index (χ3n) is 4.00. The van der Waals surface area contributed by atoms with E-state index in [2.05, 4.69) is 10.2 Å². The summed E-state index contributed by atoms with van der Waals surface area (Å²) in [5.41, 5.74) is 2.04. The van der Waals surface area contributed by atoms with Crippen molar-refractivity contribution in [2.24, 2.45) is 0 Å². The van der Waals surface area contributed by atoms with Gasteiger partial charge in [0.05, 0.1) is 26.5 Å². The Kier molecular flexibility index (Phi) is 5.82. The summed E-state index contributed by atoms with van der Waals surface area (Å²) in [5, 5.41) is 3.33. The van der Waals surface area contributed by atoms with Crippen molar-refractivity contribution in [1.82, 2.24) is 10.2 Å². The Labute approximate surface area is 126 Å². The van der Waals surface area contributed by atoms with Gasteiger partial charge in [-0.15, -0.1) is 0 Å². The van der Waals surface area contributed by atoms with Gasteiger partial charge in [0, 0.05) is 32.2 Å². The van der Waals surface area contributed by atoms with Gasteiger partial charge in [0.15, 0.2) is 0 Å². The summed E-state index contributed by atoms with van der Waals surface area (Å²) in [6.07, 6.45) is 0.454. The van der Waals surface area contributed by atoms with E-state index < -0.39 is 0 Å². The first-order valence-corrected chi connectivity index (χ1v) is 7.44. The van der Waals surface area contributed by atoms with Gasteiger partial charge < -0.3 is 14.8 Å². The van der Waals surface area contributed by atoms with E-state index in [9.17, 15) is 4.39 Å². The van der Waals surface area contributed by atoms with E-state index in [1.165, 1.54) is 0 Å². The second kappa shape index (κ2) is 7.61. The fourth-order valence-corrected chi connectivity index (χ4v) is 3.00. The number of aryl methyl sites for hydroxylation is 1. The Balaban J connectivity index is 2.42. The number of benzene rings is 1. The summed E-state index contributed by atoms with van der Waals surface area (Å²) >= 11 is 0. The predicted octanol–water partition coefficient (Wildman–Crippen LogP) is 2.32. The molecule has 1 atom stereocenters. The average Bonchev–Trinajstić information content (AvgIpc) is 2.53. The van der Waals surface area contributed by atoms with Gasteiger partial charge in [0.1, 0.15) is 11.5 Å². The van der Waals surface area contributed by atoms with Crippen LogP contribution in [0.5, 0.6) is 11.5 Å². The van der Waals surface area contributed by atoms with Crippen LogP contribution in [0.3, 0.4) is 0 Å². The Bertz CT molecular complexity index is 437. The van der Waals surface area contributed by atoms with Crippen LogP contribution in [0.15, 0.2) is 12.1 Å². The van der Waals surface area contributed by atoms with E-state index >= 15 is 0 Å². The van der Waals surface area contributed by atoms with Gasteiger partial charge in [-0.05, 0) is 31.0 Å². The van der Waals surface area contributed by atoms with Crippen LogP contribution in [0.25, 0.3) is 0 Å². The van der Waals surface area contributed by atoms with Gasteiger partial charge in [-0.1, -0.05) is 0 Å². The van der Waals surface area contributed by atoms with Crippen LogP contribution in [-0.4, -0.2) is 52.0 Å². The predicted molar refractivity (Wildman–Crippen MR) is 82.1 cm³/mol. The van der Waals surface area contributed by atoms with E-state index in [1.807, 2.05) is 19.1 Å². The first-order valence-electron chi connectivity index (χ1n) is 7.44. The quantitative estimate of drug-likeness (QED) is 0.873. The molecule has 0 unspecified atom stereocenters. The number of methoxy groups -OCH3 is 2. The third kappa shape index (κ3) is 3.66. The molecule has 4 nitrogen and oxygen atoms in total. The maximum absolute atomic E-state index is 13.1. The van der Waals surface area contributed by atoms with E-state index in [0.29, 0.717) is 6.42 Å². The molecule has 0 radical (unpaired) electrons. The normalized spacial score (nSPS) is 17.5. The Hall–Kier alpha value is -1.33. The van der Waals surface area contributed by atoms with Crippen molar-refractivity contribution in [3.8, 4) is 11.5 Å². The van der Waals surface area contributed by atoms with Crippen LogP contribution in [-0.2, 0) is 0 Å². The second-order valence-corrected chi connectivity index (χ2v) is 5.36. The number of nitrogens with one attached hydrogen (secondary N) is 1. The molecule has 0 aromatic heterocycles. The number of nitrogens with zero attached hydrogens (tertiary/aromatic N) is 1. The second-order valence-electron chi connectivity index (χ2n) is 5.36. The molecule has 0 bridgehead atoms. The van der Waals surface area contributed by atoms with Crippen molar-refractivity contribution in [3.05, 3.63) is 23.3 Å².